The summed E-state index contributed by atoms with van der Waals surface area (Å²) in [6, 6.07) is 33.8. The number of aromatic nitrogens is 3. The van der Waals surface area contributed by atoms with Crippen LogP contribution in [0.3, 0.4) is 0 Å². The molecule has 4 nitrogen and oxygen atoms in total. The molecule has 0 aliphatic carbocycles. The summed E-state index contributed by atoms with van der Waals surface area (Å²) in [6.45, 7) is 7.14. The molecule has 5 aromatic rings. The summed E-state index contributed by atoms with van der Waals surface area (Å²) >= 11 is 6.31. The minimum absolute atomic E-state index is 0.121. The molecule has 5 rings (SSSR count). The molecule has 5 heteroatoms. The third kappa shape index (κ3) is 4.50. The van der Waals surface area contributed by atoms with Gasteiger partial charge in [0.15, 0.2) is 17.3 Å². The smallest absolute Gasteiger partial charge is 0.226 e. The monoisotopic (exact) mass is 444 g/mol. The van der Waals surface area contributed by atoms with Gasteiger partial charge in [-0.2, -0.15) is 9.97 Å². The molecule has 0 bridgehead atoms. The van der Waals surface area contributed by atoms with Gasteiger partial charge in [-0.3, -0.25) is 0 Å². The molecule has 4 aromatic carbocycles. The van der Waals surface area contributed by atoms with Crippen molar-refractivity contribution in [3.05, 3.63) is 120 Å². The summed E-state index contributed by atoms with van der Waals surface area (Å²) < 4.78 is 0. The van der Waals surface area contributed by atoms with Crippen LogP contribution in [0.1, 0.15) is 0 Å². The molecule has 0 radical (unpaired) electrons. The second-order valence-corrected chi connectivity index (χ2v) is 7.78. The number of nitrogens with zero attached hydrogens (tertiary/aromatic N) is 4. The van der Waals surface area contributed by atoms with Crippen LogP contribution in [-0.4, -0.2) is 15.0 Å². The van der Waals surface area contributed by atoms with Crippen LogP contribution in [0, 0.1) is 6.57 Å². The Morgan fingerprint density at radius 3 is 1.52 bits per heavy atom. The molecule has 0 saturated heterocycles. The van der Waals surface area contributed by atoms with Crippen molar-refractivity contribution in [3.8, 4) is 45.0 Å². The number of hydrogen-bond donors (Lipinski definition) is 0. The minimum Gasteiger partial charge on any atom is -0.238 e. The van der Waals surface area contributed by atoms with E-state index in [9.17, 15) is 0 Å². The van der Waals surface area contributed by atoms with Gasteiger partial charge in [-0.1, -0.05) is 84.9 Å². The van der Waals surface area contributed by atoms with Gasteiger partial charge in [0.1, 0.15) is 0 Å². The van der Waals surface area contributed by atoms with Gasteiger partial charge in [-0.25, -0.2) is 9.83 Å². The zero-order valence-electron chi connectivity index (χ0n) is 17.5. The summed E-state index contributed by atoms with van der Waals surface area (Å²) in [4.78, 5) is 16.9. The van der Waals surface area contributed by atoms with Gasteiger partial charge in [0, 0.05) is 11.1 Å². The summed E-state index contributed by atoms with van der Waals surface area (Å²) in [7, 11) is 0. The lowest BCUT2D eigenvalue weighted by Gasteiger charge is -2.11. The van der Waals surface area contributed by atoms with E-state index in [1.807, 2.05) is 48.5 Å². The summed E-state index contributed by atoms with van der Waals surface area (Å²) in [6.07, 6.45) is 0. The van der Waals surface area contributed by atoms with Crippen LogP contribution < -0.4 is 0 Å². The van der Waals surface area contributed by atoms with Crippen molar-refractivity contribution in [2.45, 2.75) is 0 Å². The topological polar surface area (TPSA) is 43.0 Å². The van der Waals surface area contributed by atoms with Crippen LogP contribution in [0.15, 0.2) is 103 Å². The number of benzene rings is 4. The average molecular weight is 445 g/mol. The maximum atomic E-state index is 7.14. The number of halogens is 1. The van der Waals surface area contributed by atoms with Crippen LogP contribution in [-0.2, 0) is 0 Å². The average Bonchev–Trinajstić information content (AvgIpc) is 2.89. The molecule has 0 fully saturated rings. The first kappa shape index (κ1) is 20.6. The van der Waals surface area contributed by atoms with E-state index in [0.29, 0.717) is 17.3 Å². The predicted molar refractivity (Wildman–Crippen MR) is 133 cm³/mol. The summed E-state index contributed by atoms with van der Waals surface area (Å²) in [5, 5.41) is 0.121. The van der Waals surface area contributed by atoms with Crippen LogP contribution in [0.4, 0.5) is 5.69 Å². The molecular formula is C28H17ClN4. The van der Waals surface area contributed by atoms with Crippen LogP contribution in [0.2, 0.25) is 5.28 Å². The van der Waals surface area contributed by atoms with Gasteiger partial charge in [0.2, 0.25) is 5.28 Å². The van der Waals surface area contributed by atoms with Gasteiger partial charge in [0.05, 0.1) is 6.57 Å². The van der Waals surface area contributed by atoms with Crippen molar-refractivity contribution in [3.63, 3.8) is 0 Å². The second-order valence-electron chi connectivity index (χ2n) is 7.44. The molecular weight excluding hydrogens is 428 g/mol. The summed E-state index contributed by atoms with van der Waals surface area (Å²) in [5.74, 6) is 0.960. The predicted octanol–water partition coefficient (Wildman–Crippen LogP) is 7.74. The Kier molecular flexibility index (Phi) is 5.63. The Morgan fingerprint density at radius 1 is 0.515 bits per heavy atom. The van der Waals surface area contributed by atoms with Crippen LogP contribution in [0.25, 0.3) is 49.9 Å². The molecule has 33 heavy (non-hydrogen) atoms. The van der Waals surface area contributed by atoms with E-state index < -0.39 is 0 Å². The Bertz CT molecular complexity index is 1400. The molecule has 1 heterocycles. The van der Waals surface area contributed by atoms with E-state index in [0.717, 1.165) is 33.4 Å². The van der Waals surface area contributed by atoms with E-state index in [2.05, 4.69) is 57.3 Å². The van der Waals surface area contributed by atoms with Gasteiger partial charge in [-0.05, 0) is 52.1 Å². The molecule has 0 atom stereocenters. The lowest BCUT2D eigenvalue weighted by atomic mass is 9.96. The quantitative estimate of drug-likeness (QED) is 0.266. The molecule has 0 aliphatic rings. The lowest BCUT2D eigenvalue weighted by Crippen LogP contribution is -1.98. The first-order chi connectivity index (χ1) is 16.2. The van der Waals surface area contributed by atoms with Crippen molar-refractivity contribution < 1.29 is 0 Å². The minimum atomic E-state index is 0.121. The largest absolute Gasteiger partial charge is 0.238 e. The van der Waals surface area contributed by atoms with Crippen molar-refractivity contribution in [2.24, 2.45) is 0 Å². The zero-order chi connectivity index (χ0) is 22.6. The van der Waals surface area contributed by atoms with Gasteiger partial charge < -0.3 is 0 Å². The Labute approximate surface area is 197 Å². The molecule has 0 N–H and O–H groups in total. The number of hydrogen-bond acceptors (Lipinski definition) is 3. The zero-order valence-corrected chi connectivity index (χ0v) is 18.2. The van der Waals surface area contributed by atoms with Gasteiger partial charge >= 0.3 is 0 Å². The van der Waals surface area contributed by atoms with Gasteiger partial charge in [-0.15, -0.1) is 0 Å². The van der Waals surface area contributed by atoms with E-state index >= 15 is 0 Å². The fourth-order valence-corrected chi connectivity index (χ4v) is 3.80. The molecule has 0 aliphatic heterocycles. The molecule has 156 valence electrons. The van der Waals surface area contributed by atoms with E-state index in [-0.39, 0.29) is 5.28 Å². The third-order valence-electron chi connectivity index (χ3n) is 5.27. The highest BCUT2D eigenvalue weighted by atomic mass is 35.5. The van der Waals surface area contributed by atoms with Crippen LogP contribution >= 0.6 is 11.6 Å². The molecule has 0 unspecified atom stereocenters. The van der Waals surface area contributed by atoms with Crippen molar-refractivity contribution in [1.29, 1.82) is 0 Å². The molecule has 0 amide bonds. The fourth-order valence-electron chi connectivity index (χ4n) is 3.64. The van der Waals surface area contributed by atoms with E-state index in [1.54, 1.807) is 12.1 Å². The highest BCUT2D eigenvalue weighted by molar-refractivity contribution is 6.28. The Balaban J connectivity index is 1.67. The van der Waals surface area contributed by atoms with E-state index in [1.165, 1.54) is 0 Å². The summed E-state index contributed by atoms with van der Waals surface area (Å²) in [5.41, 5.74) is 6.51. The number of rotatable bonds is 4. The van der Waals surface area contributed by atoms with Gasteiger partial charge in [0.25, 0.3) is 0 Å². The third-order valence-corrected chi connectivity index (χ3v) is 5.44. The van der Waals surface area contributed by atoms with Crippen molar-refractivity contribution in [1.82, 2.24) is 15.0 Å². The Hall–Kier alpha value is -4.33. The highest BCUT2D eigenvalue weighted by Gasteiger charge is 2.13. The normalized spacial score (nSPS) is 10.5. The fraction of sp³-hybridized carbons (Fsp3) is 0. The maximum Gasteiger partial charge on any atom is 0.226 e. The van der Waals surface area contributed by atoms with E-state index in [4.69, 9.17) is 23.2 Å². The van der Waals surface area contributed by atoms with Crippen molar-refractivity contribution in [2.75, 3.05) is 0 Å². The lowest BCUT2D eigenvalue weighted by molar-refractivity contribution is 1.07. The van der Waals surface area contributed by atoms with Crippen LogP contribution in [0.5, 0.6) is 0 Å². The standard InChI is InChI=1S/C28H17ClN4/c1-30-25-14-12-21(13-15-25)26-31-27(33-28(29)32-26)24-17-22(19-8-4-2-5-9-19)16-23(18-24)20-10-6-3-7-11-20/h2-18H. The van der Waals surface area contributed by atoms with Crippen molar-refractivity contribution >= 4 is 17.3 Å². The molecule has 0 spiro atoms. The maximum absolute atomic E-state index is 7.14. The second kappa shape index (κ2) is 9.04. The molecule has 0 saturated carbocycles. The molecule has 1 aromatic heterocycles. The SMILES string of the molecule is [C-]#[N+]c1ccc(-c2nc(Cl)nc(-c3cc(-c4ccccc4)cc(-c4ccccc4)c3)n2)cc1. The first-order valence-electron chi connectivity index (χ1n) is 10.4. The first-order valence-corrected chi connectivity index (χ1v) is 10.7. The Morgan fingerprint density at radius 2 is 1.00 bits per heavy atom. The highest BCUT2D eigenvalue weighted by Crippen LogP contribution is 2.32.